The van der Waals surface area contributed by atoms with Crippen LogP contribution in [0.2, 0.25) is 0 Å². The van der Waals surface area contributed by atoms with Crippen molar-refractivity contribution in [2.24, 2.45) is 22.2 Å². The molecule has 6 heteroatoms. The van der Waals surface area contributed by atoms with Crippen molar-refractivity contribution in [3.05, 3.63) is 0 Å². The topological polar surface area (TPSA) is 81.6 Å². The van der Waals surface area contributed by atoms with Gasteiger partial charge in [-0.3, -0.25) is 10.1 Å². The second kappa shape index (κ2) is 8.91. The Hall–Kier alpha value is -0.390. The van der Waals surface area contributed by atoms with Gasteiger partial charge in [-0.1, -0.05) is 47.0 Å². The maximum atomic E-state index is 12.2. The van der Waals surface area contributed by atoms with Crippen LogP contribution in [0.1, 0.15) is 59.8 Å². The zero-order valence-electron chi connectivity index (χ0n) is 13.9. The molecule has 1 N–H and O–H groups in total. The van der Waals surface area contributed by atoms with Crippen molar-refractivity contribution >= 4 is 17.8 Å². The smallest absolute Gasteiger partial charge is 0.861 e. The van der Waals surface area contributed by atoms with E-state index in [2.05, 4.69) is 31.1 Å². The number of urea groups is 1. The Bertz CT molecular complexity index is 412. The van der Waals surface area contributed by atoms with Crippen LogP contribution in [0.3, 0.4) is 0 Å². The summed E-state index contributed by atoms with van der Waals surface area (Å²) in [4.78, 5) is 26.8. The average molecular weight is 304 g/mol. The fourth-order valence-corrected chi connectivity index (χ4v) is 3.06. The molecule has 0 aromatic rings. The number of carbonyl (C=O) groups is 2. The number of nitrogens with zero attached hydrogens (tertiary/aromatic N) is 1. The molecule has 0 spiro atoms. The van der Waals surface area contributed by atoms with E-state index in [4.69, 9.17) is 0 Å². The molecule has 5 nitrogen and oxygen atoms in total. The Balaban J connectivity index is 0.00000400. The van der Waals surface area contributed by atoms with Crippen LogP contribution in [-0.4, -0.2) is 17.8 Å². The molecule has 0 saturated carbocycles. The summed E-state index contributed by atoms with van der Waals surface area (Å²) < 4.78 is 0. The molecular formula is C15H25N2NaO3. The molecule has 114 valence electrons. The molecule has 1 aliphatic heterocycles. The van der Waals surface area contributed by atoms with Gasteiger partial charge in [0, 0.05) is 0 Å². The van der Waals surface area contributed by atoms with Gasteiger partial charge in [0.1, 0.15) is 0 Å². The van der Waals surface area contributed by atoms with Gasteiger partial charge in [-0.25, -0.2) is 9.79 Å². The van der Waals surface area contributed by atoms with Gasteiger partial charge in [-0.2, -0.15) is 0 Å². The zero-order chi connectivity index (χ0) is 15.3. The zero-order valence-corrected chi connectivity index (χ0v) is 15.9. The first-order chi connectivity index (χ1) is 9.41. The van der Waals surface area contributed by atoms with E-state index in [1.165, 1.54) is 0 Å². The third kappa shape index (κ3) is 4.54. The number of amides is 3. The second-order valence-corrected chi connectivity index (χ2v) is 5.75. The molecule has 21 heavy (non-hydrogen) atoms. The minimum absolute atomic E-state index is 0. The number of imide groups is 1. The SMILES string of the molecule is CCCC(C)C(CC)CC1(CC)C(=O)NC(=O)N=C1[O-].[Na+]. The van der Waals surface area contributed by atoms with Crippen LogP contribution in [0.15, 0.2) is 4.99 Å². The Kier molecular flexibility index (Phi) is 8.74. The third-order valence-corrected chi connectivity index (χ3v) is 4.55. The van der Waals surface area contributed by atoms with Crippen LogP contribution in [0.4, 0.5) is 4.79 Å². The van der Waals surface area contributed by atoms with E-state index < -0.39 is 23.3 Å². The van der Waals surface area contributed by atoms with Gasteiger partial charge in [0.15, 0.2) is 0 Å². The van der Waals surface area contributed by atoms with E-state index in [0.717, 1.165) is 19.3 Å². The molecule has 0 saturated heterocycles. The number of carbonyl (C=O) groups excluding carboxylic acids is 2. The van der Waals surface area contributed by atoms with Crippen molar-refractivity contribution in [1.82, 2.24) is 5.32 Å². The van der Waals surface area contributed by atoms with Crippen LogP contribution < -0.4 is 40.0 Å². The molecular weight excluding hydrogens is 279 g/mol. The quantitative estimate of drug-likeness (QED) is 0.628. The largest absolute Gasteiger partial charge is 1.00 e. The molecule has 0 aliphatic carbocycles. The van der Waals surface area contributed by atoms with Gasteiger partial charge in [-0.05, 0) is 30.6 Å². The maximum Gasteiger partial charge on any atom is 1.00 e. The number of rotatable bonds is 7. The standard InChI is InChI=1S/C15H26N2O3.Na/c1-5-8-10(4)11(6-2)9-15(7-3)12(18)16-14(20)17-13(15)19;/h10-11H,5-9H2,1-4H3,(H2,16,17,18,19,20);/q;+1/p-1. The monoisotopic (exact) mass is 304 g/mol. The van der Waals surface area contributed by atoms with Crippen molar-refractivity contribution in [3.8, 4) is 0 Å². The van der Waals surface area contributed by atoms with Crippen molar-refractivity contribution in [2.75, 3.05) is 0 Å². The molecule has 0 aromatic carbocycles. The van der Waals surface area contributed by atoms with E-state index >= 15 is 0 Å². The van der Waals surface area contributed by atoms with Gasteiger partial charge in [0.25, 0.3) is 0 Å². The van der Waals surface area contributed by atoms with Crippen molar-refractivity contribution in [2.45, 2.75) is 59.8 Å². The summed E-state index contributed by atoms with van der Waals surface area (Å²) in [6, 6.07) is -0.835. The van der Waals surface area contributed by atoms with Crippen LogP contribution >= 0.6 is 0 Å². The molecule has 0 bridgehead atoms. The second-order valence-electron chi connectivity index (χ2n) is 5.75. The first-order valence-electron chi connectivity index (χ1n) is 7.52. The van der Waals surface area contributed by atoms with E-state index in [0.29, 0.717) is 18.8 Å². The summed E-state index contributed by atoms with van der Waals surface area (Å²) in [6.45, 7) is 8.17. The Labute approximate surface area is 149 Å². The third-order valence-electron chi connectivity index (χ3n) is 4.55. The fourth-order valence-electron chi connectivity index (χ4n) is 3.06. The summed E-state index contributed by atoms with van der Waals surface area (Å²) in [6.07, 6.45) is 3.92. The molecule has 0 aromatic heterocycles. The van der Waals surface area contributed by atoms with Crippen LogP contribution in [-0.2, 0) is 4.79 Å². The van der Waals surface area contributed by atoms with Crippen molar-refractivity contribution in [1.29, 1.82) is 0 Å². The summed E-state index contributed by atoms with van der Waals surface area (Å²) >= 11 is 0. The first kappa shape index (κ1) is 20.6. The fraction of sp³-hybridized carbons (Fsp3) is 0.800. The molecule has 0 radical (unpaired) electrons. The molecule has 1 heterocycles. The Morgan fingerprint density at radius 2 is 1.90 bits per heavy atom. The average Bonchev–Trinajstić information content (AvgIpc) is 2.39. The van der Waals surface area contributed by atoms with E-state index in [1.54, 1.807) is 6.92 Å². The van der Waals surface area contributed by atoms with Gasteiger partial charge in [0.05, 0.1) is 5.41 Å². The molecule has 3 atom stereocenters. The normalized spacial score (nSPS) is 24.7. The molecule has 0 fully saturated rings. The predicted molar refractivity (Wildman–Crippen MR) is 76.2 cm³/mol. The molecule has 1 aliphatic rings. The number of hydrogen-bond donors (Lipinski definition) is 1. The van der Waals surface area contributed by atoms with Gasteiger partial charge in [-0.15, -0.1) is 0 Å². The van der Waals surface area contributed by atoms with Crippen LogP contribution in [0.25, 0.3) is 0 Å². The molecule has 3 amide bonds. The van der Waals surface area contributed by atoms with E-state index in [-0.39, 0.29) is 35.5 Å². The number of aliphatic imine (C=N–C) groups is 1. The van der Waals surface area contributed by atoms with Crippen molar-refractivity contribution < 1.29 is 44.3 Å². The summed E-state index contributed by atoms with van der Waals surface area (Å²) in [5.74, 6) is -0.317. The number of nitrogens with one attached hydrogen (secondary N) is 1. The van der Waals surface area contributed by atoms with E-state index in [9.17, 15) is 14.7 Å². The minimum Gasteiger partial charge on any atom is -0.861 e. The van der Waals surface area contributed by atoms with Gasteiger partial charge >= 0.3 is 35.6 Å². The van der Waals surface area contributed by atoms with Gasteiger partial charge in [0.2, 0.25) is 5.91 Å². The maximum absolute atomic E-state index is 12.2. The van der Waals surface area contributed by atoms with Gasteiger partial charge < -0.3 is 5.11 Å². The molecule has 3 unspecified atom stereocenters. The summed E-state index contributed by atoms with van der Waals surface area (Å²) in [7, 11) is 0. The van der Waals surface area contributed by atoms with Crippen LogP contribution in [0, 0.1) is 17.3 Å². The van der Waals surface area contributed by atoms with Crippen LogP contribution in [0.5, 0.6) is 0 Å². The van der Waals surface area contributed by atoms with Crippen molar-refractivity contribution in [3.63, 3.8) is 0 Å². The summed E-state index contributed by atoms with van der Waals surface area (Å²) in [5.41, 5.74) is -1.16. The van der Waals surface area contributed by atoms with E-state index in [1.807, 2.05) is 0 Å². The predicted octanol–water partition coefficient (Wildman–Crippen LogP) is -0.752. The number of hydrogen-bond acceptors (Lipinski definition) is 3. The minimum atomic E-state index is -1.16. The Morgan fingerprint density at radius 1 is 1.29 bits per heavy atom. The first-order valence-corrected chi connectivity index (χ1v) is 7.52. The molecule has 1 rings (SSSR count). The summed E-state index contributed by atoms with van der Waals surface area (Å²) in [5, 5.41) is 14.3. The Morgan fingerprint density at radius 3 is 2.33 bits per heavy atom.